The first-order valence-corrected chi connectivity index (χ1v) is 14.9. The lowest BCUT2D eigenvalue weighted by molar-refractivity contribution is -0.139. The summed E-state index contributed by atoms with van der Waals surface area (Å²) in [4.78, 5) is 28.7. The highest BCUT2D eigenvalue weighted by Gasteiger charge is 2.34. The fraction of sp³-hybridized carbons (Fsp3) is 0.355. The summed E-state index contributed by atoms with van der Waals surface area (Å²) < 4.78 is 39.8. The van der Waals surface area contributed by atoms with Crippen LogP contribution in [0.1, 0.15) is 38.3 Å². The van der Waals surface area contributed by atoms with Crippen LogP contribution in [0, 0.1) is 6.92 Å². The van der Waals surface area contributed by atoms with Crippen molar-refractivity contribution in [1.82, 2.24) is 10.2 Å². The van der Waals surface area contributed by atoms with Crippen LogP contribution in [0.3, 0.4) is 0 Å². The van der Waals surface area contributed by atoms with Gasteiger partial charge in [0.15, 0.2) is 0 Å². The number of carbonyl (C=O) groups is 2. The summed E-state index contributed by atoms with van der Waals surface area (Å²) in [5.74, 6) is 0.0792. The Morgan fingerprint density at radius 2 is 1.59 bits per heavy atom. The molecule has 0 radical (unpaired) electrons. The molecule has 10 heteroatoms. The van der Waals surface area contributed by atoms with Gasteiger partial charge in [-0.3, -0.25) is 13.9 Å². The maximum absolute atomic E-state index is 14.1. The van der Waals surface area contributed by atoms with Crippen LogP contribution in [-0.4, -0.2) is 58.0 Å². The number of methoxy groups -OCH3 is 2. The second-order valence-corrected chi connectivity index (χ2v) is 11.7. The highest BCUT2D eigenvalue weighted by molar-refractivity contribution is 7.92. The van der Waals surface area contributed by atoms with Crippen molar-refractivity contribution in [3.8, 4) is 11.5 Å². The van der Waals surface area contributed by atoms with Crippen LogP contribution < -0.4 is 19.1 Å². The number of anilines is 1. The van der Waals surface area contributed by atoms with E-state index in [2.05, 4.69) is 5.32 Å². The average molecular weight is 582 g/mol. The van der Waals surface area contributed by atoms with E-state index >= 15 is 0 Å². The van der Waals surface area contributed by atoms with Gasteiger partial charge in [-0.15, -0.1) is 0 Å². The molecule has 3 aromatic carbocycles. The number of rotatable bonds is 13. The van der Waals surface area contributed by atoms with Crippen LogP contribution in [0.25, 0.3) is 0 Å². The Kier molecular flexibility index (Phi) is 10.8. The number of amides is 2. The lowest BCUT2D eigenvalue weighted by Crippen LogP contribution is -2.52. The molecule has 1 N–H and O–H groups in total. The van der Waals surface area contributed by atoms with Gasteiger partial charge >= 0.3 is 0 Å². The molecule has 0 unspecified atom stereocenters. The van der Waals surface area contributed by atoms with Gasteiger partial charge in [-0.05, 0) is 74.7 Å². The third kappa shape index (κ3) is 7.79. The standard InChI is InChI=1S/C31H39N3O6S/c1-7-23(3)32-31(36)24(4)33(20-25-14-16-26(39-5)17-15-25)30(35)21-34(28-19-22(2)13-18-29(28)40-6)41(37,38)27-11-9-8-10-12-27/h8-19,23-24H,7,20-21H2,1-6H3,(H,32,36)/t23-,24-/m1/s1. The normalized spacial score (nSPS) is 12.6. The van der Waals surface area contributed by atoms with Gasteiger partial charge in [-0.25, -0.2) is 8.42 Å². The Morgan fingerprint density at radius 1 is 0.927 bits per heavy atom. The van der Waals surface area contributed by atoms with Crippen molar-refractivity contribution >= 4 is 27.5 Å². The number of benzene rings is 3. The number of carbonyl (C=O) groups excluding carboxylic acids is 2. The van der Waals surface area contributed by atoms with Crippen molar-refractivity contribution < 1.29 is 27.5 Å². The quantitative estimate of drug-likeness (QED) is 0.318. The predicted octanol–water partition coefficient (Wildman–Crippen LogP) is 4.54. The fourth-order valence-electron chi connectivity index (χ4n) is 4.20. The first kappa shape index (κ1) is 31.5. The highest BCUT2D eigenvalue weighted by Crippen LogP contribution is 2.33. The number of nitrogens with one attached hydrogen (secondary N) is 1. The number of ether oxygens (including phenoxy) is 2. The Hall–Kier alpha value is -4.05. The van der Waals surface area contributed by atoms with Crippen LogP contribution in [-0.2, 0) is 26.2 Å². The summed E-state index contributed by atoms with van der Waals surface area (Å²) in [6, 6.07) is 19.2. The van der Waals surface area contributed by atoms with E-state index in [1.54, 1.807) is 74.7 Å². The van der Waals surface area contributed by atoms with Gasteiger partial charge < -0.3 is 19.7 Å². The molecule has 0 spiro atoms. The Labute approximate surface area is 243 Å². The van der Waals surface area contributed by atoms with E-state index < -0.39 is 28.5 Å². The molecule has 3 aromatic rings. The van der Waals surface area contributed by atoms with E-state index in [4.69, 9.17) is 9.47 Å². The summed E-state index contributed by atoms with van der Waals surface area (Å²) in [7, 11) is -1.19. The number of sulfonamides is 1. The molecule has 0 aromatic heterocycles. The molecule has 0 saturated heterocycles. The topological polar surface area (TPSA) is 105 Å². The molecule has 9 nitrogen and oxygen atoms in total. The molecule has 2 atom stereocenters. The van der Waals surface area contributed by atoms with Crippen LogP contribution in [0.4, 0.5) is 5.69 Å². The van der Waals surface area contributed by atoms with Crippen molar-refractivity contribution in [2.24, 2.45) is 0 Å². The van der Waals surface area contributed by atoms with Crippen LogP contribution in [0.5, 0.6) is 11.5 Å². The zero-order chi connectivity index (χ0) is 30.2. The van der Waals surface area contributed by atoms with Gasteiger partial charge in [0.05, 0.1) is 24.8 Å². The number of hydrogen-bond donors (Lipinski definition) is 1. The SMILES string of the molecule is CC[C@@H](C)NC(=O)[C@@H](C)N(Cc1ccc(OC)cc1)C(=O)CN(c1cc(C)ccc1OC)S(=O)(=O)c1ccccc1. The second-order valence-electron chi connectivity index (χ2n) is 9.86. The maximum Gasteiger partial charge on any atom is 0.264 e. The highest BCUT2D eigenvalue weighted by atomic mass is 32.2. The van der Waals surface area contributed by atoms with Crippen molar-refractivity contribution in [3.63, 3.8) is 0 Å². The monoisotopic (exact) mass is 581 g/mol. The molecule has 41 heavy (non-hydrogen) atoms. The van der Waals surface area contributed by atoms with Crippen LogP contribution in [0.2, 0.25) is 0 Å². The molecular weight excluding hydrogens is 542 g/mol. The van der Waals surface area contributed by atoms with Gasteiger partial charge in [-0.2, -0.15) is 0 Å². The molecule has 0 fully saturated rings. The molecule has 0 bridgehead atoms. The minimum absolute atomic E-state index is 0.0284. The molecule has 0 aliphatic rings. The summed E-state index contributed by atoms with van der Waals surface area (Å²) in [5.41, 5.74) is 1.77. The molecule has 0 saturated carbocycles. The van der Waals surface area contributed by atoms with Gasteiger partial charge in [0.1, 0.15) is 24.1 Å². The lowest BCUT2D eigenvalue weighted by Gasteiger charge is -2.33. The van der Waals surface area contributed by atoms with Gasteiger partial charge in [0.25, 0.3) is 10.0 Å². The van der Waals surface area contributed by atoms with Crippen LogP contribution in [0.15, 0.2) is 77.7 Å². The summed E-state index contributed by atoms with van der Waals surface area (Å²) >= 11 is 0. The minimum Gasteiger partial charge on any atom is -0.497 e. The first-order chi connectivity index (χ1) is 19.5. The van der Waals surface area contributed by atoms with E-state index in [0.717, 1.165) is 21.9 Å². The summed E-state index contributed by atoms with van der Waals surface area (Å²) in [5, 5.41) is 2.93. The number of nitrogens with zero attached hydrogens (tertiary/aromatic N) is 2. The summed E-state index contributed by atoms with van der Waals surface area (Å²) in [6.07, 6.45) is 0.723. The molecule has 0 heterocycles. The Bertz CT molecular complexity index is 1430. The number of aryl methyl sites for hydroxylation is 1. The molecule has 0 aliphatic carbocycles. The van der Waals surface area contributed by atoms with Gasteiger partial charge in [0, 0.05) is 12.6 Å². The zero-order valence-electron chi connectivity index (χ0n) is 24.5. The smallest absolute Gasteiger partial charge is 0.264 e. The van der Waals surface area contributed by atoms with Gasteiger partial charge in [0.2, 0.25) is 11.8 Å². The maximum atomic E-state index is 14.1. The largest absolute Gasteiger partial charge is 0.497 e. The van der Waals surface area contributed by atoms with E-state index in [9.17, 15) is 18.0 Å². The van der Waals surface area contributed by atoms with E-state index in [1.165, 1.54) is 24.1 Å². The number of hydrogen-bond acceptors (Lipinski definition) is 6. The molecular formula is C31H39N3O6S. The van der Waals surface area contributed by atoms with Gasteiger partial charge in [-0.1, -0.05) is 43.3 Å². The molecule has 220 valence electrons. The molecule has 3 rings (SSSR count). The van der Waals surface area contributed by atoms with E-state index in [1.807, 2.05) is 20.8 Å². The van der Waals surface area contributed by atoms with Crippen molar-refractivity contribution in [3.05, 3.63) is 83.9 Å². The van der Waals surface area contributed by atoms with Crippen molar-refractivity contribution in [2.75, 3.05) is 25.1 Å². The Morgan fingerprint density at radius 3 is 2.17 bits per heavy atom. The van der Waals surface area contributed by atoms with E-state index in [-0.39, 0.29) is 29.1 Å². The minimum atomic E-state index is -4.19. The molecule has 0 aliphatic heterocycles. The molecule has 2 amide bonds. The van der Waals surface area contributed by atoms with Crippen LogP contribution >= 0.6 is 0 Å². The second kappa shape index (κ2) is 14.0. The third-order valence-corrected chi connectivity index (χ3v) is 8.67. The van der Waals surface area contributed by atoms with Crippen molar-refractivity contribution in [2.45, 2.75) is 57.6 Å². The first-order valence-electron chi connectivity index (χ1n) is 13.5. The predicted molar refractivity (Wildman–Crippen MR) is 160 cm³/mol. The van der Waals surface area contributed by atoms with Crippen molar-refractivity contribution in [1.29, 1.82) is 0 Å². The Balaban J connectivity index is 2.07. The third-order valence-electron chi connectivity index (χ3n) is 6.89. The zero-order valence-corrected chi connectivity index (χ0v) is 25.3. The van der Waals surface area contributed by atoms with E-state index in [0.29, 0.717) is 11.5 Å². The summed E-state index contributed by atoms with van der Waals surface area (Å²) in [6.45, 7) is 6.85. The average Bonchev–Trinajstić information content (AvgIpc) is 2.98. The lowest BCUT2D eigenvalue weighted by atomic mass is 10.1. The fourth-order valence-corrected chi connectivity index (χ4v) is 5.64.